The third-order valence-corrected chi connectivity index (χ3v) is 3.32. The number of amides is 2. The van der Waals surface area contributed by atoms with Crippen molar-refractivity contribution in [1.82, 2.24) is 5.32 Å². The van der Waals surface area contributed by atoms with Crippen molar-refractivity contribution in [2.45, 2.75) is 25.3 Å². The highest BCUT2D eigenvalue weighted by molar-refractivity contribution is 6.39. The molecule has 2 aromatic rings. The minimum absolute atomic E-state index is 0.104. The molecule has 0 radical (unpaired) electrons. The molecule has 1 aromatic heterocycles. The van der Waals surface area contributed by atoms with Gasteiger partial charge in [-0.2, -0.15) is 0 Å². The van der Waals surface area contributed by atoms with Crippen LogP contribution in [0.4, 0.5) is 18.9 Å². The van der Waals surface area contributed by atoms with Crippen LogP contribution in [0, 0.1) is 0 Å². The normalized spacial score (nSPS) is 13.5. The van der Waals surface area contributed by atoms with E-state index in [1.807, 2.05) is 0 Å². The Labute approximate surface area is 152 Å². The lowest BCUT2D eigenvalue weighted by Gasteiger charge is -2.22. The summed E-state index contributed by atoms with van der Waals surface area (Å²) in [5, 5.41) is 14.7. The van der Waals surface area contributed by atoms with Crippen LogP contribution in [-0.4, -0.2) is 35.4 Å². The molecule has 1 unspecified atom stereocenters. The van der Waals surface area contributed by atoms with E-state index in [-0.39, 0.29) is 18.7 Å². The summed E-state index contributed by atoms with van der Waals surface area (Å²) < 4.78 is 45.1. The first-order chi connectivity index (χ1) is 12.5. The smallest absolute Gasteiger partial charge is 0.469 e. The third kappa shape index (κ3) is 7.02. The number of furan rings is 1. The van der Waals surface area contributed by atoms with Gasteiger partial charge in [-0.05, 0) is 43.3 Å². The van der Waals surface area contributed by atoms with Crippen molar-refractivity contribution in [3.8, 4) is 5.75 Å². The zero-order valence-corrected chi connectivity index (χ0v) is 14.2. The number of nitrogens with one attached hydrogen (secondary N) is 2. The first-order valence-corrected chi connectivity index (χ1v) is 7.74. The van der Waals surface area contributed by atoms with E-state index in [0.29, 0.717) is 5.76 Å². The van der Waals surface area contributed by atoms with Gasteiger partial charge in [0.15, 0.2) is 0 Å². The Morgan fingerprint density at radius 2 is 1.81 bits per heavy atom. The average molecular weight is 386 g/mol. The maximum absolute atomic E-state index is 12.1. The Hall–Kier alpha value is -3.01. The Bertz CT molecular complexity index is 771. The summed E-state index contributed by atoms with van der Waals surface area (Å²) in [6.07, 6.45) is -3.25. The van der Waals surface area contributed by atoms with Crippen LogP contribution in [0.25, 0.3) is 0 Å². The summed E-state index contributed by atoms with van der Waals surface area (Å²) in [4.78, 5) is 23.6. The summed E-state index contributed by atoms with van der Waals surface area (Å²) in [5.74, 6) is -1.99. The molecular weight excluding hydrogens is 369 g/mol. The van der Waals surface area contributed by atoms with Crippen molar-refractivity contribution in [1.29, 1.82) is 0 Å². The highest BCUT2D eigenvalue weighted by atomic mass is 19.4. The first kappa shape index (κ1) is 20.3. The first-order valence-electron chi connectivity index (χ1n) is 7.74. The lowest BCUT2D eigenvalue weighted by Crippen LogP contribution is -2.45. The van der Waals surface area contributed by atoms with E-state index in [1.165, 1.54) is 13.2 Å². The highest BCUT2D eigenvalue weighted by Gasteiger charge is 2.31. The van der Waals surface area contributed by atoms with Crippen LogP contribution < -0.4 is 15.4 Å². The quantitative estimate of drug-likeness (QED) is 0.661. The number of hydrogen-bond acceptors (Lipinski definition) is 5. The van der Waals surface area contributed by atoms with Crippen LogP contribution in [0.3, 0.4) is 0 Å². The molecule has 0 aliphatic carbocycles. The number of aliphatic hydroxyl groups is 1. The number of alkyl halides is 3. The average Bonchev–Trinajstić information content (AvgIpc) is 3.05. The molecule has 1 aromatic carbocycles. The van der Waals surface area contributed by atoms with Gasteiger partial charge in [-0.15, -0.1) is 13.2 Å². The fourth-order valence-corrected chi connectivity index (χ4v) is 2.13. The topological polar surface area (TPSA) is 101 Å². The largest absolute Gasteiger partial charge is 0.573 e. The second-order valence-corrected chi connectivity index (χ2v) is 5.96. The number of rotatable bonds is 6. The lowest BCUT2D eigenvalue weighted by molar-refractivity contribution is -0.274. The van der Waals surface area contributed by atoms with E-state index in [0.717, 1.165) is 24.3 Å². The summed E-state index contributed by atoms with van der Waals surface area (Å²) in [7, 11) is 0. The third-order valence-electron chi connectivity index (χ3n) is 3.32. The van der Waals surface area contributed by atoms with Gasteiger partial charge in [-0.25, -0.2) is 0 Å². The second kappa shape index (κ2) is 8.12. The van der Waals surface area contributed by atoms with Crippen LogP contribution in [0.5, 0.6) is 5.75 Å². The summed E-state index contributed by atoms with van der Waals surface area (Å²) in [6.45, 7) is 1.26. The number of ether oxygens (including phenoxy) is 1. The molecule has 27 heavy (non-hydrogen) atoms. The maximum Gasteiger partial charge on any atom is 0.573 e. The van der Waals surface area contributed by atoms with Crippen molar-refractivity contribution in [2.24, 2.45) is 0 Å². The SMILES string of the molecule is CC(O)(CNC(=O)C(=O)Nc1ccc(OC(F)(F)F)cc1)Cc1ccco1. The molecule has 2 amide bonds. The second-order valence-electron chi connectivity index (χ2n) is 5.96. The Morgan fingerprint density at radius 1 is 1.15 bits per heavy atom. The number of anilines is 1. The zero-order valence-electron chi connectivity index (χ0n) is 14.2. The van der Waals surface area contributed by atoms with Gasteiger partial charge in [0.1, 0.15) is 11.5 Å². The lowest BCUT2D eigenvalue weighted by atomic mass is 10.0. The van der Waals surface area contributed by atoms with Gasteiger partial charge in [0.05, 0.1) is 11.9 Å². The zero-order chi connectivity index (χ0) is 20.1. The molecule has 7 nitrogen and oxygen atoms in total. The van der Waals surface area contributed by atoms with E-state index >= 15 is 0 Å². The Kier molecular flexibility index (Phi) is 6.11. The number of benzene rings is 1. The molecule has 146 valence electrons. The molecule has 0 aliphatic heterocycles. The van der Waals surface area contributed by atoms with E-state index < -0.39 is 29.5 Å². The fraction of sp³-hybridized carbons (Fsp3) is 0.294. The molecule has 2 rings (SSSR count). The van der Waals surface area contributed by atoms with Crippen molar-refractivity contribution in [3.05, 3.63) is 48.4 Å². The molecule has 0 fully saturated rings. The molecule has 0 saturated carbocycles. The van der Waals surface area contributed by atoms with Crippen molar-refractivity contribution in [2.75, 3.05) is 11.9 Å². The van der Waals surface area contributed by atoms with Gasteiger partial charge in [0.25, 0.3) is 0 Å². The van der Waals surface area contributed by atoms with Crippen molar-refractivity contribution >= 4 is 17.5 Å². The van der Waals surface area contributed by atoms with E-state index in [1.54, 1.807) is 12.1 Å². The van der Waals surface area contributed by atoms with E-state index in [9.17, 15) is 27.9 Å². The fourth-order valence-electron chi connectivity index (χ4n) is 2.13. The molecule has 10 heteroatoms. The van der Waals surface area contributed by atoms with Crippen molar-refractivity contribution < 1.29 is 37.0 Å². The van der Waals surface area contributed by atoms with Gasteiger partial charge in [0, 0.05) is 18.7 Å². The van der Waals surface area contributed by atoms with Gasteiger partial charge >= 0.3 is 18.2 Å². The summed E-state index contributed by atoms with van der Waals surface area (Å²) in [6, 6.07) is 7.61. The van der Waals surface area contributed by atoms with Crippen LogP contribution in [0.1, 0.15) is 12.7 Å². The predicted octanol–water partition coefficient (Wildman–Crippen LogP) is 2.23. The van der Waals surface area contributed by atoms with Gasteiger partial charge < -0.3 is 24.9 Å². The van der Waals surface area contributed by atoms with Crippen molar-refractivity contribution in [3.63, 3.8) is 0 Å². The van der Waals surface area contributed by atoms with Crippen LogP contribution in [0.15, 0.2) is 47.1 Å². The molecule has 1 heterocycles. The van der Waals surface area contributed by atoms with Gasteiger partial charge in [-0.3, -0.25) is 9.59 Å². The number of hydrogen-bond donors (Lipinski definition) is 3. The Balaban J connectivity index is 1.83. The van der Waals surface area contributed by atoms with Crippen LogP contribution in [0.2, 0.25) is 0 Å². The molecule has 3 N–H and O–H groups in total. The van der Waals surface area contributed by atoms with E-state index in [2.05, 4.69) is 15.4 Å². The summed E-state index contributed by atoms with van der Waals surface area (Å²) in [5.41, 5.74) is -1.24. The standard InChI is InChI=1S/C17H17F3N2O5/c1-16(25,9-13-3-2-8-26-13)10-21-14(23)15(24)22-11-4-6-12(7-5-11)27-17(18,19)20/h2-8,25H,9-10H2,1H3,(H,21,23)(H,22,24). The molecule has 1 atom stereocenters. The Morgan fingerprint density at radius 3 is 2.37 bits per heavy atom. The van der Waals surface area contributed by atoms with Crippen LogP contribution >= 0.6 is 0 Å². The molecular formula is C17H17F3N2O5. The van der Waals surface area contributed by atoms with Gasteiger partial charge in [0.2, 0.25) is 0 Å². The summed E-state index contributed by atoms with van der Waals surface area (Å²) >= 11 is 0. The minimum Gasteiger partial charge on any atom is -0.469 e. The van der Waals surface area contributed by atoms with Gasteiger partial charge in [-0.1, -0.05) is 0 Å². The predicted molar refractivity (Wildman–Crippen MR) is 87.8 cm³/mol. The monoisotopic (exact) mass is 386 g/mol. The molecule has 0 aliphatic rings. The maximum atomic E-state index is 12.1. The van der Waals surface area contributed by atoms with E-state index in [4.69, 9.17) is 4.42 Å². The van der Waals surface area contributed by atoms with Crippen LogP contribution in [-0.2, 0) is 16.0 Å². The number of halogens is 3. The molecule has 0 saturated heterocycles. The minimum atomic E-state index is -4.82. The molecule has 0 bridgehead atoms. The molecule has 0 spiro atoms. The highest BCUT2D eigenvalue weighted by Crippen LogP contribution is 2.23. The number of carbonyl (C=O) groups excluding carboxylic acids is 2. The number of carbonyl (C=O) groups is 2.